The summed E-state index contributed by atoms with van der Waals surface area (Å²) in [4.78, 5) is 27.0. The van der Waals surface area contributed by atoms with Crippen LogP contribution >= 0.6 is 0 Å². The molecule has 1 aromatic heterocycles. The minimum absolute atomic E-state index is 0.0243. The number of aromatic nitrogens is 2. The fourth-order valence-corrected chi connectivity index (χ4v) is 3.73. The summed E-state index contributed by atoms with van der Waals surface area (Å²) in [5.74, 6) is -0.0521. The van der Waals surface area contributed by atoms with Gasteiger partial charge >= 0.3 is 0 Å². The van der Waals surface area contributed by atoms with Crippen molar-refractivity contribution in [2.75, 3.05) is 23.3 Å². The molecule has 1 saturated heterocycles. The molecule has 3 aromatic rings. The first kappa shape index (κ1) is 19.8. The fourth-order valence-electron chi connectivity index (χ4n) is 3.73. The molecular formula is C23H23FN4O2. The maximum Gasteiger partial charge on any atom is 0.271 e. The number of nitrogens with zero attached hydrogens (tertiary/aromatic N) is 3. The summed E-state index contributed by atoms with van der Waals surface area (Å²) in [6.07, 6.45) is 1.63. The Balaban J connectivity index is 1.52. The van der Waals surface area contributed by atoms with Crippen molar-refractivity contribution in [3.05, 3.63) is 82.4 Å². The van der Waals surface area contributed by atoms with Crippen molar-refractivity contribution in [2.45, 2.75) is 19.8 Å². The van der Waals surface area contributed by atoms with Gasteiger partial charge in [-0.25, -0.2) is 4.39 Å². The Kier molecular flexibility index (Phi) is 5.61. The van der Waals surface area contributed by atoms with Crippen LogP contribution in [0.1, 0.15) is 18.4 Å². The Hall–Kier alpha value is -3.48. The SMILES string of the molecule is Cc1cccc(NC(=O)C2CCCN(c3ccc(=O)n(-c4cccc(F)c4)n3)C2)c1. The number of piperidine rings is 1. The van der Waals surface area contributed by atoms with Crippen molar-refractivity contribution < 1.29 is 9.18 Å². The van der Waals surface area contributed by atoms with E-state index in [1.165, 1.54) is 28.9 Å². The number of aryl methyl sites for hydroxylation is 1. The number of rotatable bonds is 4. The maximum absolute atomic E-state index is 13.6. The first-order chi connectivity index (χ1) is 14.5. The molecule has 1 unspecified atom stereocenters. The minimum atomic E-state index is -0.433. The number of anilines is 2. The Labute approximate surface area is 174 Å². The minimum Gasteiger partial charge on any atom is -0.354 e. The van der Waals surface area contributed by atoms with Crippen molar-refractivity contribution in [1.82, 2.24) is 9.78 Å². The van der Waals surface area contributed by atoms with E-state index in [0.717, 1.165) is 30.6 Å². The van der Waals surface area contributed by atoms with Crippen LogP contribution in [0.15, 0.2) is 65.5 Å². The molecule has 0 spiro atoms. The Bertz CT molecular complexity index is 1130. The van der Waals surface area contributed by atoms with E-state index in [4.69, 9.17) is 0 Å². The number of benzene rings is 2. The van der Waals surface area contributed by atoms with E-state index in [-0.39, 0.29) is 17.4 Å². The fraction of sp³-hybridized carbons (Fsp3) is 0.261. The standard InChI is InChI=1S/C23H23FN4O2/c1-16-5-2-8-19(13-16)25-23(30)17-6-4-12-27(15-17)21-10-11-22(29)28(26-21)20-9-3-7-18(24)14-20/h2-3,5,7-11,13-14,17H,4,6,12,15H2,1H3,(H,25,30). The average Bonchev–Trinajstić information content (AvgIpc) is 2.74. The molecule has 0 saturated carbocycles. The van der Waals surface area contributed by atoms with Crippen LogP contribution < -0.4 is 15.8 Å². The number of amides is 1. The van der Waals surface area contributed by atoms with Crippen LogP contribution in [0.25, 0.3) is 5.69 Å². The molecule has 1 amide bonds. The van der Waals surface area contributed by atoms with Crippen molar-refractivity contribution in [1.29, 1.82) is 0 Å². The van der Waals surface area contributed by atoms with Crippen LogP contribution in [-0.2, 0) is 4.79 Å². The van der Waals surface area contributed by atoms with Crippen molar-refractivity contribution in [3.8, 4) is 5.69 Å². The molecule has 1 aliphatic rings. The number of halogens is 1. The zero-order valence-electron chi connectivity index (χ0n) is 16.7. The van der Waals surface area contributed by atoms with Crippen LogP contribution in [0, 0.1) is 18.7 Å². The molecule has 0 bridgehead atoms. The molecule has 2 heterocycles. The van der Waals surface area contributed by atoms with Gasteiger partial charge in [0.15, 0.2) is 0 Å². The molecule has 1 aliphatic heterocycles. The average molecular weight is 406 g/mol. The third-order valence-electron chi connectivity index (χ3n) is 5.24. The Morgan fingerprint density at radius 1 is 1.13 bits per heavy atom. The predicted molar refractivity (Wildman–Crippen MR) is 115 cm³/mol. The van der Waals surface area contributed by atoms with Gasteiger partial charge in [-0.15, -0.1) is 5.10 Å². The van der Waals surface area contributed by atoms with Gasteiger partial charge in [0, 0.05) is 24.8 Å². The topological polar surface area (TPSA) is 67.2 Å². The van der Waals surface area contributed by atoms with Crippen LogP contribution in [0.2, 0.25) is 0 Å². The van der Waals surface area contributed by atoms with Gasteiger partial charge in [0.05, 0.1) is 11.6 Å². The third-order valence-corrected chi connectivity index (χ3v) is 5.24. The molecule has 0 aliphatic carbocycles. The highest BCUT2D eigenvalue weighted by Gasteiger charge is 2.27. The van der Waals surface area contributed by atoms with Gasteiger partial charge in [0.1, 0.15) is 11.6 Å². The lowest BCUT2D eigenvalue weighted by Crippen LogP contribution is -2.41. The highest BCUT2D eigenvalue weighted by Crippen LogP contribution is 2.23. The van der Waals surface area contributed by atoms with Gasteiger partial charge in [-0.2, -0.15) is 4.68 Å². The van der Waals surface area contributed by atoms with Gasteiger partial charge in [0.2, 0.25) is 5.91 Å². The van der Waals surface area contributed by atoms with Crippen LogP contribution in [0.3, 0.4) is 0 Å². The van der Waals surface area contributed by atoms with E-state index in [0.29, 0.717) is 18.1 Å². The summed E-state index contributed by atoms with van der Waals surface area (Å²) in [7, 11) is 0. The largest absolute Gasteiger partial charge is 0.354 e. The second kappa shape index (κ2) is 8.49. The van der Waals surface area contributed by atoms with Gasteiger partial charge < -0.3 is 10.2 Å². The smallest absolute Gasteiger partial charge is 0.271 e. The molecule has 7 heteroatoms. The van der Waals surface area contributed by atoms with Crippen molar-refractivity contribution in [3.63, 3.8) is 0 Å². The lowest BCUT2D eigenvalue weighted by Gasteiger charge is -2.33. The lowest BCUT2D eigenvalue weighted by molar-refractivity contribution is -0.120. The summed E-state index contributed by atoms with van der Waals surface area (Å²) in [6, 6.07) is 16.6. The molecule has 154 valence electrons. The Morgan fingerprint density at radius 3 is 2.77 bits per heavy atom. The molecule has 1 N–H and O–H groups in total. The first-order valence-electron chi connectivity index (χ1n) is 9.98. The summed E-state index contributed by atoms with van der Waals surface area (Å²) < 4.78 is 14.8. The second-order valence-corrected chi connectivity index (χ2v) is 7.57. The quantitative estimate of drug-likeness (QED) is 0.720. The zero-order chi connectivity index (χ0) is 21.1. The molecule has 30 heavy (non-hydrogen) atoms. The van der Waals surface area contributed by atoms with E-state index in [1.54, 1.807) is 12.1 Å². The van der Waals surface area contributed by atoms with E-state index >= 15 is 0 Å². The lowest BCUT2D eigenvalue weighted by atomic mass is 9.97. The Morgan fingerprint density at radius 2 is 1.97 bits per heavy atom. The van der Waals surface area contributed by atoms with Gasteiger partial charge in [-0.05, 0) is 61.7 Å². The number of hydrogen-bond acceptors (Lipinski definition) is 4. The molecule has 6 nitrogen and oxygen atoms in total. The van der Waals surface area contributed by atoms with E-state index in [9.17, 15) is 14.0 Å². The van der Waals surface area contributed by atoms with Crippen LogP contribution in [0.5, 0.6) is 0 Å². The molecule has 0 radical (unpaired) electrons. The zero-order valence-corrected chi connectivity index (χ0v) is 16.7. The number of carbonyl (C=O) groups is 1. The molecule has 1 atom stereocenters. The normalized spacial score (nSPS) is 16.3. The van der Waals surface area contributed by atoms with Crippen molar-refractivity contribution in [2.24, 2.45) is 5.92 Å². The molecular weight excluding hydrogens is 383 g/mol. The number of nitrogens with one attached hydrogen (secondary N) is 1. The van der Waals surface area contributed by atoms with E-state index in [1.807, 2.05) is 36.1 Å². The van der Waals surface area contributed by atoms with Crippen LogP contribution in [-0.4, -0.2) is 28.8 Å². The van der Waals surface area contributed by atoms with Crippen molar-refractivity contribution >= 4 is 17.4 Å². The summed E-state index contributed by atoms with van der Waals surface area (Å²) in [5, 5.41) is 7.42. The van der Waals surface area contributed by atoms with Crippen LogP contribution in [0.4, 0.5) is 15.9 Å². The van der Waals surface area contributed by atoms with Gasteiger partial charge in [0.25, 0.3) is 5.56 Å². The third kappa shape index (κ3) is 4.40. The monoisotopic (exact) mass is 406 g/mol. The highest BCUT2D eigenvalue weighted by molar-refractivity contribution is 5.93. The number of hydrogen-bond donors (Lipinski definition) is 1. The van der Waals surface area contributed by atoms with E-state index in [2.05, 4.69) is 10.4 Å². The first-order valence-corrected chi connectivity index (χ1v) is 9.98. The van der Waals surface area contributed by atoms with Gasteiger partial charge in [-0.1, -0.05) is 18.2 Å². The van der Waals surface area contributed by atoms with E-state index < -0.39 is 5.82 Å². The highest BCUT2D eigenvalue weighted by atomic mass is 19.1. The van der Waals surface area contributed by atoms with Gasteiger partial charge in [-0.3, -0.25) is 9.59 Å². The molecule has 2 aromatic carbocycles. The predicted octanol–water partition coefficient (Wildman–Crippen LogP) is 3.54. The summed E-state index contributed by atoms with van der Waals surface area (Å²) in [5.41, 5.74) is 1.90. The molecule has 4 rings (SSSR count). The molecule has 1 fully saturated rings. The maximum atomic E-state index is 13.6. The number of carbonyl (C=O) groups excluding carboxylic acids is 1. The summed E-state index contributed by atoms with van der Waals surface area (Å²) >= 11 is 0. The second-order valence-electron chi connectivity index (χ2n) is 7.57. The summed E-state index contributed by atoms with van der Waals surface area (Å²) in [6.45, 7) is 3.23.